The van der Waals surface area contributed by atoms with Gasteiger partial charge in [-0.2, -0.15) is 0 Å². The number of nitrogens with zero attached hydrogens (tertiary/aromatic N) is 1. The Morgan fingerprint density at radius 3 is 2.38 bits per heavy atom. The maximum Gasteiger partial charge on any atom is 0.410 e. The molecule has 2 rings (SSSR count). The maximum absolute atomic E-state index is 10.8. The van der Waals surface area contributed by atoms with Gasteiger partial charge >= 0.3 is 12.1 Å². The van der Waals surface area contributed by atoms with Crippen molar-refractivity contribution in [2.45, 2.75) is 24.5 Å². The van der Waals surface area contributed by atoms with Crippen LogP contribution in [0.4, 0.5) is 4.79 Å². The summed E-state index contributed by atoms with van der Waals surface area (Å²) in [6.07, 6.45) is 0.0257. The lowest BCUT2D eigenvalue weighted by molar-refractivity contribution is -0.143. The third-order valence-corrected chi connectivity index (χ3v) is 2.52. The predicted molar refractivity (Wildman–Crippen MR) is 39.2 cm³/mol. The molecule has 1 aliphatic heterocycles. The first-order valence-corrected chi connectivity index (χ1v) is 3.93. The van der Waals surface area contributed by atoms with Crippen LogP contribution in [0.25, 0.3) is 0 Å². The Balaban J connectivity index is 2.23. The molecule has 72 valence electrons. The van der Waals surface area contributed by atoms with Gasteiger partial charge in [-0.05, 0) is 12.8 Å². The standard InChI is InChI=1S/C7H9NO5/c9-5(10)4-7(1-2-7)13-3-8(4)6(11)12/h4H,1-3H2,(H,9,10)(H,11,12). The summed E-state index contributed by atoms with van der Waals surface area (Å²) in [5.41, 5.74) is -0.718. The van der Waals surface area contributed by atoms with Gasteiger partial charge in [-0.1, -0.05) is 0 Å². The number of hydrogen-bond acceptors (Lipinski definition) is 3. The van der Waals surface area contributed by atoms with Crippen molar-refractivity contribution in [3.63, 3.8) is 0 Å². The number of carboxylic acid groups (broad SMARTS) is 2. The van der Waals surface area contributed by atoms with E-state index in [4.69, 9.17) is 14.9 Å². The van der Waals surface area contributed by atoms with E-state index in [2.05, 4.69) is 0 Å². The Morgan fingerprint density at radius 1 is 1.38 bits per heavy atom. The van der Waals surface area contributed by atoms with E-state index in [1.54, 1.807) is 0 Å². The summed E-state index contributed by atoms with van der Waals surface area (Å²) in [4.78, 5) is 22.2. The number of amides is 1. The van der Waals surface area contributed by atoms with E-state index in [0.717, 1.165) is 4.90 Å². The molecule has 2 aliphatic rings. The van der Waals surface area contributed by atoms with Crippen LogP contribution in [-0.2, 0) is 9.53 Å². The molecule has 2 fully saturated rings. The number of carbonyl (C=O) groups is 2. The first-order valence-electron chi connectivity index (χ1n) is 3.93. The molecule has 0 radical (unpaired) electrons. The summed E-state index contributed by atoms with van der Waals surface area (Å²) in [5, 5.41) is 17.5. The summed E-state index contributed by atoms with van der Waals surface area (Å²) < 4.78 is 5.16. The summed E-state index contributed by atoms with van der Waals surface area (Å²) in [6, 6.07) is -1.02. The van der Waals surface area contributed by atoms with Crippen LogP contribution in [0.1, 0.15) is 12.8 Å². The van der Waals surface area contributed by atoms with Crippen molar-refractivity contribution in [3.05, 3.63) is 0 Å². The Labute approximate surface area is 73.7 Å². The van der Waals surface area contributed by atoms with Gasteiger partial charge in [0, 0.05) is 0 Å². The molecule has 1 amide bonds. The monoisotopic (exact) mass is 187 g/mol. The van der Waals surface area contributed by atoms with E-state index in [0.29, 0.717) is 12.8 Å². The Morgan fingerprint density at radius 2 is 2.00 bits per heavy atom. The largest absolute Gasteiger partial charge is 0.480 e. The predicted octanol–water partition coefficient (Wildman–Crippen LogP) is -0.0601. The fraction of sp³-hybridized carbons (Fsp3) is 0.714. The minimum Gasteiger partial charge on any atom is -0.480 e. The molecule has 0 aromatic carbocycles. The van der Waals surface area contributed by atoms with Crippen LogP contribution in [0.15, 0.2) is 0 Å². The van der Waals surface area contributed by atoms with Crippen molar-refractivity contribution in [1.82, 2.24) is 4.90 Å². The molecule has 1 unspecified atom stereocenters. The first kappa shape index (κ1) is 8.31. The summed E-state index contributed by atoms with van der Waals surface area (Å²) in [7, 11) is 0. The topological polar surface area (TPSA) is 87.1 Å². The fourth-order valence-electron chi connectivity index (χ4n) is 1.70. The zero-order chi connectivity index (χ0) is 9.64. The molecule has 0 aromatic rings. The average Bonchev–Trinajstić information content (AvgIpc) is 2.61. The second kappa shape index (κ2) is 2.35. The Hall–Kier alpha value is -1.30. The van der Waals surface area contributed by atoms with Crippen molar-refractivity contribution >= 4 is 12.1 Å². The molecule has 0 aromatic heterocycles. The second-order valence-electron chi connectivity index (χ2n) is 3.33. The fourth-order valence-corrected chi connectivity index (χ4v) is 1.70. The van der Waals surface area contributed by atoms with Gasteiger partial charge in [-0.25, -0.2) is 9.59 Å². The molecule has 0 bridgehead atoms. The molecular formula is C7H9NO5. The van der Waals surface area contributed by atoms with Gasteiger partial charge in [0.05, 0.1) is 0 Å². The molecule has 1 atom stereocenters. The van der Waals surface area contributed by atoms with Crippen molar-refractivity contribution in [1.29, 1.82) is 0 Å². The van der Waals surface area contributed by atoms with Crippen LogP contribution >= 0.6 is 0 Å². The SMILES string of the molecule is O=C(O)C1N(C(=O)O)COC12CC2. The second-order valence-corrected chi connectivity index (χ2v) is 3.33. The molecule has 13 heavy (non-hydrogen) atoms. The lowest BCUT2D eigenvalue weighted by Gasteiger charge is -2.18. The van der Waals surface area contributed by atoms with Crippen molar-refractivity contribution < 1.29 is 24.5 Å². The minimum atomic E-state index is -1.24. The van der Waals surface area contributed by atoms with Gasteiger partial charge in [0.15, 0.2) is 6.04 Å². The lowest BCUT2D eigenvalue weighted by atomic mass is 10.1. The number of rotatable bonds is 1. The molecule has 1 spiro atoms. The van der Waals surface area contributed by atoms with Crippen LogP contribution in [0, 0.1) is 0 Å². The first-order chi connectivity index (χ1) is 6.07. The van der Waals surface area contributed by atoms with E-state index in [1.807, 2.05) is 0 Å². The number of hydrogen-bond donors (Lipinski definition) is 2. The van der Waals surface area contributed by atoms with E-state index < -0.39 is 23.7 Å². The van der Waals surface area contributed by atoms with Crippen molar-refractivity contribution in [3.8, 4) is 0 Å². The molecule has 1 saturated heterocycles. The van der Waals surface area contributed by atoms with Crippen LogP contribution < -0.4 is 0 Å². The van der Waals surface area contributed by atoms with Gasteiger partial charge in [0.2, 0.25) is 0 Å². The summed E-state index contributed by atoms with van der Waals surface area (Å²) in [6.45, 7) is -0.133. The highest BCUT2D eigenvalue weighted by Crippen LogP contribution is 2.48. The number of carboxylic acids is 1. The normalized spacial score (nSPS) is 29.2. The Bertz CT molecular complexity index is 272. The highest BCUT2D eigenvalue weighted by molar-refractivity contribution is 5.82. The molecule has 6 heteroatoms. The zero-order valence-corrected chi connectivity index (χ0v) is 6.77. The van der Waals surface area contributed by atoms with Gasteiger partial charge in [-0.3, -0.25) is 4.90 Å². The van der Waals surface area contributed by atoms with Crippen LogP contribution in [0.3, 0.4) is 0 Å². The van der Waals surface area contributed by atoms with E-state index >= 15 is 0 Å². The molecule has 1 saturated carbocycles. The van der Waals surface area contributed by atoms with Crippen LogP contribution in [0.5, 0.6) is 0 Å². The highest BCUT2D eigenvalue weighted by atomic mass is 16.5. The Kier molecular flexibility index (Phi) is 1.50. The molecule has 2 N–H and O–H groups in total. The molecule has 1 heterocycles. The quantitative estimate of drug-likeness (QED) is 0.600. The lowest BCUT2D eigenvalue weighted by Crippen LogP contribution is -2.45. The van der Waals surface area contributed by atoms with Crippen molar-refractivity contribution in [2.75, 3.05) is 6.73 Å². The van der Waals surface area contributed by atoms with Gasteiger partial charge in [-0.15, -0.1) is 0 Å². The smallest absolute Gasteiger partial charge is 0.410 e. The summed E-state index contributed by atoms with van der Waals surface area (Å²) >= 11 is 0. The average molecular weight is 187 g/mol. The molecule has 1 aliphatic carbocycles. The van der Waals surface area contributed by atoms with Gasteiger partial charge in [0.1, 0.15) is 12.3 Å². The summed E-state index contributed by atoms with van der Waals surface area (Å²) in [5.74, 6) is -1.13. The minimum absolute atomic E-state index is 0.133. The zero-order valence-electron chi connectivity index (χ0n) is 6.77. The number of ether oxygens (including phenoxy) is 1. The molecular weight excluding hydrogens is 178 g/mol. The van der Waals surface area contributed by atoms with Gasteiger partial charge < -0.3 is 14.9 Å². The number of aliphatic carboxylic acids is 1. The maximum atomic E-state index is 10.8. The van der Waals surface area contributed by atoms with Gasteiger partial charge in [0.25, 0.3) is 0 Å². The van der Waals surface area contributed by atoms with E-state index in [1.165, 1.54) is 0 Å². The van der Waals surface area contributed by atoms with Crippen LogP contribution in [0.2, 0.25) is 0 Å². The van der Waals surface area contributed by atoms with E-state index in [9.17, 15) is 9.59 Å². The molecule has 6 nitrogen and oxygen atoms in total. The third kappa shape index (κ3) is 1.06. The van der Waals surface area contributed by atoms with E-state index in [-0.39, 0.29) is 6.73 Å². The van der Waals surface area contributed by atoms with Crippen molar-refractivity contribution in [2.24, 2.45) is 0 Å². The third-order valence-electron chi connectivity index (χ3n) is 2.52. The highest BCUT2D eigenvalue weighted by Gasteiger charge is 2.62. The van der Waals surface area contributed by atoms with Crippen LogP contribution in [-0.4, -0.2) is 45.5 Å².